The first-order chi connectivity index (χ1) is 9.95. The third kappa shape index (κ3) is 4.79. The van der Waals surface area contributed by atoms with Gasteiger partial charge >= 0.3 is 0 Å². The molecular weight excluding hydrogens is 302 g/mol. The van der Waals surface area contributed by atoms with E-state index in [9.17, 15) is 13.2 Å². The average molecular weight is 327 g/mol. The molecule has 0 heterocycles. The lowest BCUT2D eigenvalue weighted by Gasteiger charge is -2.21. The van der Waals surface area contributed by atoms with Gasteiger partial charge < -0.3 is 11.1 Å². The van der Waals surface area contributed by atoms with Crippen LogP contribution < -0.4 is 11.1 Å². The van der Waals surface area contributed by atoms with E-state index in [1.54, 1.807) is 39.8 Å². The molecule has 1 aromatic rings. The van der Waals surface area contributed by atoms with E-state index in [0.717, 1.165) is 0 Å². The minimum absolute atomic E-state index is 0.100. The van der Waals surface area contributed by atoms with Crippen LogP contribution >= 0.6 is 0 Å². The number of carbonyl (C=O) groups is 1. The fourth-order valence-electron chi connectivity index (χ4n) is 1.65. The van der Waals surface area contributed by atoms with Gasteiger partial charge in [-0.15, -0.1) is 0 Å². The molecular formula is C15H25N3O3S. The second-order valence-electron chi connectivity index (χ2n) is 6.31. The Bertz CT molecular complexity index is 634. The molecule has 0 saturated carbocycles. The van der Waals surface area contributed by atoms with Crippen LogP contribution in [0.25, 0.3) is 0 Å². The zero-order valence-electron chi connectivity index (χ0n) is 13.8. The van der Waals surface area contributed by atoms with Gasteiger partial charge in [0.2, 0.25) is 10.0 Å². The molecule has 0 bridgehead atoms. The predicted octanol–water partition coefficient (Wildman–Crippen LogP) is 1.18. The Morgan fingerprint density at radius 3 is 2.45 bits per heavy atom. The summed E-state index contributed by atoms with van der Waals surface area (Å²) in [7, 11) is -2.09. The van der Waals surface area contributed by atoms with Gasteiger partial charge in [0.1, 0.15) is 0 Å². The van der Waals surface area contributed by atoms with E-state index < -0.39 is 15.6 Å². The van der Waals surface area contributed by atoms with Crippen molar-refractivity contribution >= 4 is 15.9 Å². The number of nitrogens with one attached hydrogen (secondary N) is 1. The quantitative estimate of drug-likeness (QED) is 0.820. The van der Waals surface area contributed by atoms with Crippen LogP contribution in [0.4, 0.5) is 0 Å². The molecule has 0 aliphatic rings. The first kappa shape index (κ1) is 18.6. The summed E-state index contributed by atoms with van der Waals surface area (Å²) in [5.74, 6) is -0.345. The molecule has 1 aromatic carbocycles. The molecule has 0 atom stereocenters. The maximum atomic E-state index is 12.4. The van der Waals surface area contributed by atoms with Crippen LogP contribution in [-0.2, 0) is 10.0 Å². The van der Waals surface area contributed by atoms with Crippen molar-refractivity contribution in [2.45, 2.75) is 44.2 Å². The molecule has 6 nitrogen and oxygen atoms in total. The van der Waals surface area contributed by atoms with E-state index in [1.165, 1.54) is 23.5 Å². The van der Waals surface area contributed by atoms with Gasteiger partial charge in [-0.25, -0.2) is 8.42 Å². The van der Waals surface area contributed by atoms with Gasteiger partial charge in [-0.3, -0.25) is 4.79 Å². The number of rotatable bonds is 6. The Labute approximate surface area is 132 Å². The highest BCUT2D eigenvalue weighted by molar-refractivity contribution is 7.89. The smallest absolute Gasteiger partial charge is 0.251 e. The van der Waals surface area contributed by atoms with E-state index in [4.69, 9.17) is 5.73 Å². The lowest BCUT2D eigenvalue weighted by atomic mass is 10.1. The van der Waals surface area contributed by atoms with Crippen LogP contribution in [0.3, 0.4) is 0 Å². The monoisotopic (exact) mass is 327 g/mol. The predicted molar refractivity (Wildman–Crippen MR) is 87.1 cm³/mol. The number of amides is 1. The van der Waals surface area contributed by atoms with Crippen LogP contribution in [0.2, 0.25) is 0 Å². The fourth-order valence-corrected chi connectivity index (χ4v) is 3.07. The van der Waals surface area contributed by atoms with Crippen LogP contribution in [0.5, 0.6) is 0 Å². The normalized spacial score (nSPS) is 12.7. The fraction of sp³-hybridized carbons (Fsp3) is 0.533. The van der Waals surface area contributed by atoms with Crippen molar-refractivity contribution in [1.82, 2.24) is 9.62 Å². The summed E-state index contributed by atoms with van der Waals surface area (Å²) in [6.07, 6.45) is 0. The summed E-state index contributed by atoms with van der Waals surface area (Å²) in [5, 5.41) is 2.70. The highest BCUT2D eigenvalue weighted by Crippen LogP contribution is 2.17. The number of hydrogen-bond donors (Lipinski definition) is 2. The van der Waals surface area contributed by atoms with Crippen molar-refractivity contribution in [2.24, 2.45) is 5.73 Å². The van der Waals surface area contributed by atoms with E-state index >= 15 is 0 Å². The van der Waals surface area contributed by atoms with Crippen molar-refractivity contribution in [3.63, 3.8) is 0 Å². The molecule has 0 spiro atoms. The molecule has 0 radical (unpaired) electrons. The molecule has 3 N–H and O–H groups in total. The minimum atomic E-state index is -3.61. The molecule has 0 unspecified atom stereocenters. The summed E-state index contributed by atoms with van der Waals surface area (Å²) in [6, 6.07) is 5.84. The molecule has 0 aliphatic carbocycles. The van der Waals surface area contributed by atoms with Gasteiger partial charge in [0, 0.05) is 30.7 Å². The molecule has 22 heavy (non-hydrogen) atoms. The summed E-state index contributed by atoms with van der Waals surface area (Å²) in [5.41, 5.74) is 5.58. The zero-order chi connectivity index (χ0) is 17.1. The molecule has 1 amide bonds. The van der Waals surface area contributed by atoms with Crippen LogP contribution in [0.15, 0.2) is 29.2 Å². The van der Waals surface area contributed by atoms with Crippen molar-refractivity contribution in [1.29, 1.82) is 0 Å². The van der Waals surface area contributed by atoms with E-state index in [-0.39, 0.29) is 16.8 Å². The Morgan fingerprint density at radius 2 is 1.95 bits per heavy atom. The third-order valence-electron chi connectivity index (χ3n) is 3.20. The van der Waals surface area contributed by atoms with E-state index in [0.29, 0.717) is 12.1 Å². The summed E-state index contributed by atoms with van der Waals surface area (Å²) in [4.78, 5) is 12.2. The highest BCUT2D eigenvalue weighted by Gasteiger charge is 2.24. The SMILES string of the molecule is CC(C)N(C)S(=O)(=O)c1cccc(C(=O)NCC(C)(C)N)c1. The maximum Gasteiger partial charge on any atom is 0.251 e. The Kier molecular flexibility index (Phi) is 5.72. The highest BCUT2D eigenvalue weighted by atomic mass is 32.2. The zero-order valence-corrected chi connectivity index (χ0v) is 14.6. The summed E-state index contributed by atoms with van der Waals surface area (Å²) in [6.45, 7) is 7.47. The first-order valence-corrected chi connectivity index (χ1v) is 8.54. The number of benzene rings is 1. The number of nitrogens with two attached hydrogens (primary N) is 1. The van der Waals surface area contributed by atoms with Gasteiger partial charge in [0.25, 0.3) is 5.91 Å². The third-order valence-corrected chi connectivity index (χ3v) is 5.23. The summed E-state index contributed by atoms with van der Waals surface area (Å²) >= 11 is 0. The second-order valence-corrected chi connectivity index (χ2v) is 8.31. The van der Waals surface area contributed by atoms with Gasteiger partial charge in [0.05, 0.1) is 4.90 Å². The van der Waals surface area contributed by atoms with Crippen molar-refractivity contribution in [3.05, 3.63) is 29.8 Å². The molecule has 7 heteroatoms. The van der Waals surface area contributed by atoms with Crippen molar-refractivity contribution in [2.75, 3.05) is 13.6 Å². The standard InChI is InChI=1S/C15H25N3O3S/c1-11(2)18(5)22(20,21)13-8-6-7-12(9-13)14(19)17-10-15(3,4)16/h6-9,11H,10,16H2,1-5H3,(H,17,19). The average Bonchev–Trinajstić information content (AvgIpc) is 2.43. The topological polar surface area (TPSA) is 92.5 Å². The lowest BCUT2D eigenvalue weighted by molar-refractivity contribution is 0.0946. The molecule has 0 saturated heterocycles. The summed E-state index contributed by atoms with van der Waals surface area (Å²) < 4.78 is 26.2. The van der Waals surface area contributed by atoms with Crippen LogP contribution in [0, 0.1) is 0 Å². The van der Waals surface area contributed by atoms with Crippen molar-refractivity contribution in [3.8, 4) is 0 Å². The molecule has 1 rings (SSSR count). The Balaban J connectivity index is 3.02. The first-order valence-electron chi connectivity index (χ1n) is 7.10. The van der Waals surface area contributed by atoms with Gasteiger partial charge in [-0.1, -0.05) is 6.07 Å². The van der Waals surface area contributed by atoms with E-state index in [1.807, 2.05) is 0 Å². The van der Waals surface area contributed by atoms with E-state index in [2.05, 4.69) is 5.32 Å². The van der Waals surface area contributed by atoms with Gasteiger partial charge in [0.15, 0.2) is 0 Å². The molecule has 0 aromatic heterocycles. The van der Waals surface area contributed by atoms with Gasteiger partial charge in [-0.05, 0) is 45.9 Å². The van der Waals surface area contributed by atoms with Crippen molar-refractivity contribution < 1.29 is 13.2 Å². The Morgan fingerprint density at radius 1 is 1.36 bits per heavy atom. The number of sulfonamides is 1. The Hall–Kier alpha value is -1.44. The molecule has 0 aliphatic heterocycles. The maximum absolute atomic E-state index is 12.4. The number of carbonyl (C=O) groups excluding carboxylic acids is 1. The molecule has 0 fully saturated rings. The van der Waals surface area contributed by atoms with Gasteiger partial charge in [-0.2, -0.15) is 4.31 Å². The lowest BCUT2D eigenvalue weighted by Crippen LogP contribution is -2.45. The second kappa shape index (κ2) is 6.76. The largest absolute Gasteiger partial charge is 0.350 e. The van der Waals surface area contributed by atoms with Crippen LogP contribution in [0.1, 0.15) is 38.1 Å². The minimum Gasteiger partial charge on any atom is -0.350 e. The number of hydrogen-bond acceptors (Lipinski definition) is 4. The number of nitrogens with zero attached hydrogens (tertiary/aromatic N) is 1. The molecule has 124 valence electrons. The van der Waals surface area contributed by atoms with Crippen LogP contribution in [-0.4, -0.2) is 43.8 Å².